The minimum Gasteiger partial charge on any atom is -0.208 e. The highest BCUT2D eigenvalue weighted by atomic mass is 15.1. The summed E-state index contributed by atoms with van der Waals surface area (Å²) in [6.45, 7) is 0. The van der Waals surface area contributed by atoms with Gasteiger partial charge in [-0.25, -0.2) is 44.9 Å². The molecule has 9 nitrogen and oxygen atoms in total. The van der Waals surface area contributed by atoms with E-state index in [4.69, 9.17) is 44.9 Å². The van der Waals surface area contributed by atoms with E-state index in [1.165, 1.54) is 0 Å². The quantitative estimate of drug-likeness (QED) is 0.141. The molecule has 0 aliphatic rings. The molecule has 0 fully saturated rings. The molecule has 3 heterocycles. The Morgan fingerprint density at radius 3 is 0.433 bits per heavy atom. The van der Waals surface area contributed by atoms with Gasteiger partial charge in [0.1, 0.15) is 0 Å². The molecule has 60 heavy (non-hydrogen) atoms. The number of aromatic nitrogens is 9. The second-order valence-electron chi connectivity index (χ2n) is 13.9. The monoisotopic (exact) mass is 771 g/mol. The first-order valence-electron chi connectivity index (χ1n) is 19.5. The van der Waals surface area contributed by atoms with Gasteiger partial charge in [-0.3, -0.25) is 0 Å². The number of hydrogen-bond acceptors (Lipinski definition) is 9. The van der Waals surface area contributed by atoms with Crippen molar-refractivity contribution in [3.8, 4) is 102 Å². The summed E-state index contributed by atoms with van der Waals surface area (Å²) in [5.41, 5.74) is 7.29. The van der Waals surface area contributed by atoms with Gasteiger partial charge in [0.2, 0.25) is 0 Å². The first-order valence-corrected chi connectivity index (χ1v) is 19.5. The number of rotatable bonds is 9. The van der Waals surface area contributed by atoms with Gasteiger partial charge in [0.25, 0.3) is 0 Å². The van der Waals surface area contributed by atoms with Crippen LogP contribution in [0.15, 0.2) is 200 Å². The Morgan fingerprint density at radius 1 is 0.150 bits per heavy atom. The highest BCUT2D eigenvalue weighted by Gasteiger charge is 2.20. The summed E-state index contributed by atoms with van der Waals surface area (Å²) < 4.78 is 0. The summed E-state index contributed by atoms with van der Waals surface area (Å²) in [7, 11) is 0. The SMILES string of the molecule is c1ccc(-c2nc(-c3ccccc3)nc(-c3cc(-c4nc(-c5ccccc5)nc(-c5ccccc5)n4)cc(-c4nc(-c5ccccc5)nc(-c5ccccc5)n4)c3)n2)cc1. The first-order chi connectivity index (χ1) is 29.7. The van der Waals surface area contributed by atoms with Crippen molar-refractivity contribution in [2.24, 2.45) is 0 Å². The molecule has 0 atom stereocenters. The van der Waals surface area contributed by atoms with Crippen molar-refractivity contribution in [3.63, 3.8) is 0 Å². The fraction of sp³-hybridized carbons (Fsp3) is 0. The van der Waals surface area contributed by atoms with E-state index in [2.05, 4.69) is 0 Å². The van der Waals surface area contributed by atoms with Crippen LogP contribution in [0.5, 0.6) is 0 Å². The predicted octanol–water partition coefficient (Wildman–Crippen LogP) is 11.2. The van der Waals surface area contributed by atoms with E-state index in [1.807, 2.05) is 200 Å². The van der Waals surface area contributed by atoms with Crippen LogP contribution >= 0.6 is 0 Å². The Balaban J connectivity index is 1.24. The minimum absolute atomic E-state index is 0.465. The van der Waals surface area contributed by atoms with Crippen LogP contribution in [0, 0.1) is 0 Å². The predicted molar refractivity (Wildman–Crippen MR) is 236 cm³/mol. The largest absolute Gasteiger partial charge is 0.208 e. The molecule has 3 aromatic heterocycles. The third-order valence-corrected chi connectivity index (χ3v) is 9.81. The van der Waals surface area contributed by atoms with Gasteiger partial charge >= 0.3 is 0 Å². The van der Waals surface area contributed by atoms with Gasteiger partial charge in [0, 0.05) is 50.1 Å². The van der Waals surface area contributed by atoms with Crippen molar-refractivity contribution >= 4 is 0 Å². The zero-order chi connectivity index (χ0) is 40.1. The maximum Gasteiger partial charge on any atom is 0.164 e. The molecule has 0 aliphatic carbocycles. The molecule has 10 rings (SSSR count). The van der Waals surface area contributed by atoms with E-state index in [1.54, 1.807) is 0 Å². The molecule has 0 aliphatic heterocycles. The van der Waals surface area contributed by atoms with Crippen LogP contribution in [-0.2, 0) is 0 Å². The van der Waals surface area contributed by atoms with E-state index in [-0.39, 0.29) is 0 Å². The first kappa shape index (κ1) is 35.9. The number of hydrogen-bond donors (Lipinski definition) is 0. The Bertz CT molecular complexity index is 2540. The molecule has 10 aromatic rings. The van der Waals surface area contributed by atoms with Gasteiger partial charge in [0.15, 0.2) is 52.4 Å². The maximum atomic E-state index is 5.10. The molecule has 0 saturated carbocycles. The lowest BCUT2D eigenvalue weighted by molar-refractivity contribution is 1.06. The molecule has 0 bridgehead atoms. The Kier molecular flexibility index (Phi) is 9.71. The lowest BCUT2D eigenvalue weighted by Gasteiger charge is -2.13. The van der Waals surface area contributed by atoms with Gasteiger partial charge in [-0.1, -0.05) is 182 Å². The summed E-state index contributed by atoms with van der Waals surface area (Å²) in [6, 6.07) is 65.6. The highest BCUT2D eigenvalue weighted by molar-refractivity contribution is 5.79. The third-order valence-electron chi connectivity index (χ3n) is 9.81. The second kappa shape index (κ2) is 16.2. The van der Waals surface area contributed by atoms with E-state index in [9.17, 15) is 0 Å². The van der Waals surface area contributed by atoms with E-state index in [0.29, 0.717) is 69.1 Å². The van der Waals surface area contributed by atoms with Crippen LogP contribution in [0.25, 0.3) is 102 Å². The second-order valence-corrected chi connectivity index (χ2v) is 13.9. The molecular formula is C51H33N9. The van der Waals surface area contributed by atoms with E-state index >= 15 is 0 Å². The highest BCUT2D eigenvalue weighted by Crippen LogP contribution is 2.34. The molecule has 0 radical (unpaired) electrons. The van der Waals surface area contributed by atoms with Crippen LogP contribution in [0.2, 0.25) is 0 Å². The molecule has 282 valence electrons. The average Bonchev–Trinajstić information content (AvgIpc) is 3.35. The minimum atomic E-state index is 0.465. The van der Waals surface area contributed by atoms with Crippen molar-refractivity contribution < 1.29 is 0 Å². The van der Waals surface area contributed by atoms with E-state index < -0.39 is 0 Å². The fourth-order valence-corrected chi connectivity index (χ4v) is 6.83. The standard InChI is InChI=1S/C51H33N9/c1-7-19-34(20-8-1)43-52-44(35-21-9-2-10-22-35)56-49(55-43)40-31-41(50-57-45(36-23-11-3-12-24-36)53-46(58-50)37-25-13-4-14-26-37)33-42(32-40)51-59-47(38-27-15-5-16-28-38)54-48(60-51)39-29-17-6-18-30-39/h1-33H. The topological polar surface area (TPSA) is 116 Å². The molecular weight excluding hydrogens is 739 g/mol. The van der Waals surface area contributed by atoms with E-state index in [0.717, 1.165) is 33.4 Å². The van der Waals surface area contributed by atoms with Crippen molar-refractivity contribution in [2.75, 3.05) is 0 Å². The summed E-state index contributed by atoms with van der Waals surface area (Å²) >= 11 is 0. The summed E-state index contributed by atoms with van der Waals surface area (Å²) in [5.74, 6) is 4.66. The normalized spacial score (nSPS) is 11.0. The van der Waals surface area contributed by atoms with Crippen LogP contribution < -0.4 is 0 Å². The van der Waals surface area contributed by atoms with Crippen LogP contribution in [0.1, 0.15) is 0 Å². The Labute approximate surface area is 346 Å². The molecule has 9 heteroatoms. The summed E-state index contributed by atoms with van der Waals surface area (Å²) in [4.78, 5) is 45.5. The smallest absolute Gasteiger partial charge is 0.164 e. The summed E-state index contributed by atoms with van der Waals surface area (Å²) in [6.07, 6.45) is 0. The molecule has 0 saturated heterocycles. The zero-order valence-electron chi connectivity index (χ0n) is 32.1. The van der Waals surface area contributed by atoms with Crippen LogP contribution in [0.4, 0.5) is 0 Å². The number of nitrogens with zero attached hydrogens (tertiary/aromatic N) is 9. The molecule has 7 aromatic carbocycles. The van der Waals surface area contributed by atoms with Crippen LogP contribution in [0.3, 0.4) is 0 Å². The Hall–Kier alpha value is -8.43. The van der Waals surface area contributed by atoms with Gasteiger partial charge in [-0.15, -0.1) is 0 Å². The molecule has 0 amide bonds. The lowest BCUT2D eigenvalue weighted by atomic mass is 10.0. The van der Waals surface area contributed by atoms with Gasteiger partial charge in [-0.05, 0) is 18.2 Å². The fourth-order valence-electron chi connectivity index (χ4n) is 6.83. The molecule has 0 N–H and O–H groups in total. The number of benzene rings is 7. The Morgan fingerprint density at radius 2 is 0.283 bits per heavy atom. The van der Waals surface area contributed by atoms with Crippen molar-refractivity contribution in [3.05, 3.63) is 200 Å². The summed E-state index contributed by atoms with van der Waals surface area (Å²) in [5, 5.41) is 0. The van der Waals surface area contributed by atoms with Crippen molar-refractivity contribution in [1.82, 2.24) is 44.9 Å². The van der Waals surface area contributed by atoms with Crippen molar-refractivity contribution in [2.45, 2.75) is 0 Å². The maximum absolute atomic E-state index is 5.10. The van der Waals surface area contributed by atoms with Crippen molar-refractivity contribution in [1.29, 1.82) is 0 Å². The molecule has 0 spiro atoms. The average molecular weight is 772 g/mol. The zero-order valence-corrected chi connectivity index (χ0v) is 32.1. The third kappa shape index (κ3) is 7.66. The van der Waals surface area contributed by atoms with Crippen LogP contribution in [-0.4, -0.2) is 44.9 Å². The molecule has 0 unspecified atom stereocenters. The van der Waals surface area contributed by atoms with Gasteiger partial charge in [0.05, 0.1) is 0 Å². The lowest BCUT2D eigenvalue weighted by Crippen LogP contribution is -2.03. The van der Waals surface area contributed by atoms with Gasteiger partial charge < -0.3 is 0 Å². The van der Waals surface area contributed by atoms with Gasteiger partial charge in [-0.2, -0.15) is 0 Å².